The van der Waals surface area contributed by atoms with Crippen LogP contribution in [0.25, 0.3) is 11.4 Å². The molecule has 1 aliphatic heterocycles. The van der Waals surface area contributed by atoms with Crippen LogP contribution in [0.4, 0.5) is 0 Å². The van der Waals surface area contributed by atoms with Gasteiger partial charge in [0.15, 0.2) is 0 Å². The van der Waals surface area contributed by atoms with E-state index in [4.69, 9.17) is 4.52 Å². The molecule has 1 atom stereocenters. The van der Waals surface area contributed by atoms with E-state index in [1.165, 1.54) is 28.5 Å². The molecule has 3 fully saturated rings. The van der Waals surface area contributed by atoms with Gasteiger partial charge in [-0.2, -0.15) is 9.29 Å². The van der Waals surface area contributed by atoms with Crippen molar-refractivity contribution >= 4 is 27.3 Å². The molecule has 3 heterocycles. The van der Waals surface area contributed by atoms with Crippen molar-refractivity contribution in [2.45, 2.75) is 80.4 Å². The first kappa shape index (κ1) is 22.0. The number of amides is 1. The average molecular weight is 479 g/mol. The molecule has 1 unspecified atom stereocenters. The van der Waals surface area contributed by atoms with E-state index in [9.17, 15) is 13.2 Å². The summed E-state index contributed by atoms with van der Waals surface area (Å²) in [6.45, 7) is 0.680. The highest BCUT2D eigenvalue weighted by molar-refractivity contribution is 7.91. The number of aromatic nitrogens is 2. The summed E-state index contributed by atoms with van der Waals surface area (Å²) in [4.78, 5) is 17.3. The third-order valence-corrected chi connectivity index (χ3v) is 10.3. The van der Waals surface area contributed by atoms with E-state index in [1.807, 2.05) is 0 Å². The molecule has 5 rings (SSSR count). The first-order valence-electron chi connectivity index (χ1n) is 11.7. The van der Waals surface area contributed by atoms with E-state index < -0.39 is 10.0 Å². The van der Waals surface area contributed by atoms with Crippen molar-refractivity contribution in [2.75, 3.05) is 13.1 Å². The Hall–Kier alpha value is -1.78. The molecule has 1 amide bonds. The largest absolute Gasteiger partial charge is 0.353 e. The molecule has 8 nitrogen and oxygen atoms in total. The summed E-state index contributed by atoms with van der Waals surface area (Å²) in [5.41, 5.74) is 0.659. The zero-order valence-corrected chi connectivity index (χ0v) is 19.8. The molecule has 2 saturated carbocycles. The minimum atomic E-state index is -3.67. The van der Waals surface area contributed by atoms with Gasteiger partial charge in [0.05, 0.1) is 5.92 Å². The van der Waals surface area contributed by atoms with Crippen molar-refractivity contribution in [1.82, 2.24) is 19.8 Å². The summed E-state index contributed by atoms with van der Waals surface area (Å²) < 4.78 is 33.7. The lowest BCUT2D eigenvalue weighted by Gasteiger charge is -2.32. The lowest BCUT2D eigenvalue weighted by atomic mass is 9.85. The van der Waals surface area contributed by atoms with Crippen molar-refractivity contribution < 1.29 is 17.7 Å². The molecular weight excluding hydrogens is 448 g/mol. The topological polar surface area (TPSA) is 105 Å². The molecule has 0 spiro atoms. The molecule has 32 heavy (non-hydrogen) atoms. The van der Waals surface area contributed by atoms with Crippen LogP contribution in [0.15, 0.2) is 20.2 Å². The average Bonchev–Trinajstić information content (AvgIpc) is 3.44. The summed E-state index contributed by atoms with van der Waals surface area (Å²) in [5, 5.41) is 8.97. The third kappa shape index (κ3) is 4.49. The van der Waals surface area contributed by atoms with E-state index in [2.05, 4.69) is 15.5 Å². The van der Waals surface area contributed by atoms with Crippen LogP contribution in [0, 0.1) is 5.92 Å². The van der Waals surface area contributed by atoms with Crippen molar-refractivity contribution in [2.24, 2.45) is 5.92 Å². The molecule has 2 aliphatic carbocycles. The van der Waals surface area contributed by atoms with Crippen molar-refractivity contribution in [3.8, 4) is 11.4 Å². The first-order chi connectivity index (χ1) is 15.5. The summed E-state index contributed by atoms with van der Waals surface area (Å²) in [5.74, 6) is 1.13. The summed E-state index contributed by atoms with van der Waals surface area (Å²) in [6.07, 6.45) is 10.3. The van der Waals surface area contributed by atoms with E-state index in [1.54, 1.807) is 11.4 Å². The Labute approximate surface area is 192 Å². The zero-order valence-electron chi connectivity index (χ0n) is 18.2. The van der Waals surface area contributed by atoms with E-state index in [-0.39, 0.29) is 28.6 Å². The molecule has 1 saturated heterocycles. The van der Waals surface area contributed by atoms with E-state index in [0.29, 0.717) is 36.2 Å². The minimum absolute atomic E-state index is 0.000936. The molecule has 1 N–H and O–H groups in total. The number of sulfonamides is 1. The van der Waals surface area contributed by atoms with Crippen molar-refractivity contribution in [1.29, 1.82) is 0 Å². The molecule has 0 bridgehead atoms. The van der Waals surface area contributed by atoms with Gasteiger partial charge < -0.3 is 9.84 Å². The van der Waals surface area contributed by atoms with Gasteiger partial charge in [-0.15, -0.1) is 11.3 Å². The molecular formula is C22H30N4O4S2. The summed E-state index contributed by atoms with van der Waals surface area (Å²) in [6, 6.07) is 1.86. The fraction of sp³-hybridized carbons (Fsp3) is 0.682. The number of carbonyl (C=O) groups excluding carboxylic acids is 1. The Morgan fingerprint density at radius 3 is 2.66 bits per heavy atom. The second-order valence-corrected chi connectivity index (χ2v) is 12.4. The SMILES string of the molecule is O=C(NC1CCCCC1)C1CCCN(S(=O)(=O)c2cc(-c3noc(C4CCC4)n3)cs2)C1. The molecule has 174 valence electrons. The Morgan fingerprint density at radius 1 is 1.09 bits per heavy atom. The van der Waals surface area contributed by atoms with Crippen LogP contribution in [0.1, 0.15) is 76.0 Å². The van der Waals surface area contributed by atoms with Gasteiger partial charge in [-0.3, -0.25) is 4.79 Å². The number of thiophene rings is 1. The second-order valence-electron chi connectivity index (χ2n) is 9.28. The zero-order chi connectivity index (χ0) is 22.1. The fourth-order valence-corrected chi connectivity index (χ4v) is 7.65. The highest BCUT2D eigenvalue weighted by Crippen LogP contribution is 2.37. The molecule has 2 aromatic rings. The third-order valence-electron chi connectivity index (χ3n) is 7.03. The summed E-state index contributed by atoms with van der Waals surface area (Å²) >= 11 is 1.17. The predicted octanol–water partition coefficient (Wildman–Crippen LogP) is 3.92. The van der Waals surface area contributed by atoms with E-state index >= 15 is 0 Å². The number of carbonyl (C=O) groups is 1. The Balaban J connectivity index is 1.25. The van der Waals surface area contributed by atoms with Crippen LogP contribution < -0.4 is 5.32 Å². The Bertz CT molecular complexity index is 1050. The van der Waals surface area contributed by atoms with Gasteiger partial charge in [-0.1, -0.05) is 30.8 Å². The van der Waals surface area contributed by atoms with Crippen LogP contribution in [0.2, 0.25) is 0 Å². The molecule has 2 aromatic heterocycles. The molecule has 3 aliphatic rings. The number of rotatable bonds is 6. The van der Waals surface area contributed by atoms with Crippen LogP contribution in [-0.2, 0) is 14.8 Å². The Kier molecular flexibility index (Phi) is 6.35. The maximum Gasteiger partial charge on any atom is 0.252 e. The molecule has 10 heteroatoms. The van der Waals surface area contributed by atoms with Gasteiger partial charge in [0.1, 0.15) is 4.21 Å². The lowest BCUT2D eigenvalue weighted by molar-refractivity contribution is -0.127. The Morgan fingerprint density at radius 2 is 1.91 bits per heavy atom. The van der Waals surface area contributed by atoms with Gasteiger partial charge in [0, 0.05) is 36.0 Å². The highest BCUT2D eigenvalue weighted by Gasteiger charge is 2.35. The highest BCUT2D eigenvalue weighted by atomic mass is 32.2. The maximum absolute atomic E-state index is 13.3. The van der Waals surface area contributed by atoms with Crippen LogP contribution >= 0.6 is 11.3 Å². The molecule has 0 radical (unpaired) electrons. The second kappa shape index (κ2) is 9.23. The lowest BCUT2D eigenvalue weighted by Crippen LogP contribution is -2.47. The van der Waals surface area contributed by atoms with Crippen LogP contribution in [0.3, 0.4) is 0 Å². The standard InChI is InChI=1S/C22H30N4O4S2/c27-21(23-18-9-2-1-3-10-18)16-8-5-11-26(13-16)32(28,29)19-12-17(14-31-19)20-24-22(30-25-20)15-6-4-7-15/h12,14-16,18H,1-11,13H2,(H,23,27). The number of hydrogen-bond donors (Lipinski definition) is 1. The number of piperidine rings is 1. The van der Waals surface area contributed by atoms with Gasteiger partial charge in [0.2, 0.25) is 17.6 Å². The van der Waals surface area contributed by atoms with Gasteiger partial charge in [-0.25, -0.2) is 8.42 Å². The van der Waals surface area contributed by atoms with Crippen molar-refractivity contribution in [3.05, 3.63) is 17.3 Å². The summed E-state index contributed by atoms with van der Waals surface area (Å²) in [7, 11) is -3.67. The fourth-order valence-electron chi connectivity index (χ4n) is 4.81. The maximum atomic E-state index is 13.3. The quantitative estimate of drug-likeness (QED) is 0.675. The normalized spacial score (nSPS) is 23.7. The minimum Gasteiger partial charge on any atom is -0.353 e. The predicted molar refractivity (Wildman–Crippen MR) is 121 cm³/mol. The van der Waals surface area contributed by atoms with E-state index in [0.717, 1.165) is 44.9 Å². The number of nitrogens with one attached hydrogen (secondary N) is 1. The monoisotopic (exact) mass is 478 g/mol. The molecule has 0 aromatic carbocycles. The van der Waals surface area contributed by atoms with Crippen LogP contribution in [-0.4, -0.2) is 47.9 Å². The number of nitrogens with zero attached hydrogens (tertiary/aromatic N) is 3. The van der Waals surface area contributed by atoms with Crippen LogP contribution in [0.5, 0.6) is 0 Å². The van der Waals surface area contributed by atoms with Gasteiger partial charge >= 0.3 is 0 Å². The van der Waals surface area contributed by atoms with Crippen molar-refractivity contribution in [3.63, 3.8) is 0 Å². The van der Waals surface area contributed by atoms with Gasteiger partial charge in [0.25, 0.3) is 10.0 Å². The first-order valence-corrected chi connectivity index (χ1v) is 14.1. The van der Waals surface area contributed by atoms with Gasteiger partial charge in [-0.05, 0) is 44.6 Å². The number of hydrogen-bond acceptors (Lipinski definition) is 7. The smallest absolute Gasteiger partial charge is 0.252 e.